The average Bonchev–Trinajstić information content (AvgIpc) is 2.83. The van der Waals surface area contributed by atoms with Crippen LogP contribution in [0.15, 0.2) is 109 Å². The molecule has 0 radical (unpaired) electrons. The van der Waals surface area contributed by atoms with E-state index in [1.807, 2.05) is 13.0 Å². The third-order valence-corrected chi connectivity index (χ3v) is 6.34. The number of aryl methyl sites for hydroxylation is 1. The molecule has 0 amide bonds. The molecule has 0 heterocycles. The van der Waals surface area contributed by atoms with E-state index in [-0.39, 0.29) is 0 Å². The summed E-state index contributed by atoms with van der Waals surface area (Å²) in [6.45, 7) is 2.01. The van der Waals surface area contributed by atoms with Crippen LogP contribution < -0.4 is 0 Å². The van der Waals surface area contributed by atoms with Crippen LogP contribution in [0.3, 0.4) is 0 Å². The van der Waals surface area contributed by atoms with Crippen molar-refractivity contribution in [2.24, 2.45) is 0 Å². The molecule has 0 saturated carbocycles. The molecule has 0 aromatic heterocycles. The van der Waals surface area contributed by atoms with Gasteiger partial charge in [0.25, 0.3) is 0 Å². The van der Waals surface area contributed by atoms with E-state index in [4.69, 9.17) is 0 Å². The SMILES string of the molecule is Cc1cc(O)cc(-c2cccc(-c3ccc4c5ccccc5c5ccccc5c4c3)c2)c1. The van der Waals surface area contributed by atoms with Crippen molar-refractivity contribution in [3.63, 3.8) is 0 Å². The molecule has 32 heavy (non-hydrogen) atoms. The molecule has 1 N–H and O–H groups in total. The van der Waals surface area contributed by atoms with Crippen LogP contribution in [0.1, 0.15) is 5.56 Å². The Morgan fingerprint density at radius 1 is 0.406 bits per heavy atom. The molecule has 0 saturated heterocycles. The summed E-state index contributed by atoms with van der Waals surface area (Å²) in [5, 5.41) is 17.8. The van der Waals surface area contributed by atoms with E-state index in [1.165, 1.54) is 43.4 Å². The molecule has 0 aliphatic heterocycles. The van der Waals surface area contributed by atoms with E-state index in [0.717, 1.165) is 16.7 Å². The zero-order chi connectivity index (χ0) is 21.7. The minimum atomic E-state index is 0.300. The minimum Gasteiger partial charge on any atom is -0.508 e. The monoisotopic (exact) mass is 410 g/mol. The van der Waals surface area contributed by atoms with Gasteiger partial charge in [-0.1, -0.05) is 84.9 Å². The van der Waals surface area contributed by atoms with Crippen LogP contribution in [0.5, 0.6) is 5.75 Å². The molecular formula is C31H22O. The second kappa shape index (κ2) is 7.25. The summed E-state index contributed by atoms with van der Waals surface area (Å²) in [7, 11) is 0. The minimum absolute atomic E-state index is 0.300. The van der Waals surface area contributed by atoms with Gasteiger partial charge in [-0.05, 0) is 91.3 Å². The molecule has 1 heteroatoms. The maximum atomic E-state index is 10.0. The van der Waals surface area contributed by atoms with Gasteiger partial charge >= 0.3 is 0 Å². The predicted molar refractivity (Wildman–Crippen MR) is 136 cm³/mol. The molecule has 0 aliphatic rings. The molecule has 0 spiro atoms. The molecule has 0 atom stereocenters. The van der Waals surface area contributed by atoms with E-state index < -0.39 is 0 Å². The Balaban J connectivity index is 1.58. The Morgan fingerprint density at radius 2 is 0.938 bits per heavy atom. The fourth-order valence-electron chi connectivity index (χ4n) is 4.90. The lowest BCUT2D eigenvalue weighted by Crippen LogP contribution is -1.86. The van der Waals surface area contributed by atoms with E-state index >= 15 is 0 Å². The summed E-state index contributed by atoms with van der Waals surface area (Å²) in [4.78, 5) is 0. The highest BCUT2D eigenvalue weighted by Gasteiger charge is 2.10. The van der Waals surface area contributed by atoms with Gasteiger partial charge in [0, 0.05) is 0 Å². The normalized spacial score (nSPS) is 11.4. The lowest BCUT2D eigenvalue weighted by atomic mass is 9.91. The van der Waals surface area contributed by atoms with Gasteiger partial charge in [0.2, 0.25) is 0 Å². The van der Waals surface area contributed by atoms with Crippen molar-refractivity contribution in [1.29, 1.82) is 0 Å². The first-order valence-electron chi connectivity index (χ1n) is 10.9. The maximum Gasteiger partial charge on any atom is 0.116 e. The first-order chi connectivity index (χ1) is 15.7. The topological polar surface area (TPSA) is 20.2 Å². The van der Waals surface area contributed by atoms with Crippen LogP contribution in [0.4, 0.5) is 0 Å². The van der Waals surface area contributed by atoms with Gasteiger partial charge in [-0.2, -0.15) is 0 Å². The zero-order valence-electron chi connectivity index (χ0n) is 17.8. The highest BCUT2D eigenvalue weighted by Crippen LogP contribution is 2.37. The molecule has 6 aromatic rings. The van der Waals surface area contributed by atoms with Crippen LogP contribution in [-0.4, -0.2) is 5.11 Å². The van der Waals surface area contributed by atoms with Crippen LogP contribution in [0.2, 0.25) is 0 Å². The smallest absolute Gasteiger partial charge is 0.116 e. The number of phenols is 1. The lowest BCUT2D eigenvalue weighted by molar-refractivity contribution is 0.475. The highest BCUT2D eigenvalue weighted by atomic mass is 16.3. The first-order valence-corrected chi connectivity index (χ1v) is 10.9. The summed E-state index contributed by atoms with van der Waals surface area (Å²) >= 11 is 0. The number of rotatable bonds is 2. The standard InChI is InChI=1S/C31H22O/c1-20-15-24(18-25(32)16-20)22-8-6-7-21(17-22)23-13-14-30-28-11-3-2-9-26(28)27-10-4-5-12-29(27)31(30)19-23/h2-19,32H,1H3. The van der Waals surface area contributed by atoms with Crippen LogP contribution >= 0.6 is 0 Å². The number of hydrogen-bond acceptors (Lipinski definition) is 1. The van der Waals surface area contributed by atoms with Crippen LogP contribution in [0, 0.1) is 6.92 Å². The van der Waals surface area contributed by atoms with Gasteiger partial charge in [-0.25, -0.2) is 0 Å². The molecule has 1 nitrogen and oxygen atoms in total. The Bertz CT molecular complexity index is 1590. The van der Waals surface area contributed by atoms with E-state index in [1.54, 1.807) is 6.07 Å². The Hall–Kier alpha value is -4.10. The Kier molecular flexibility index (Phi) is 4.22. The molecule has 0 bridgehead atoms. The van der Waals surface area contributed by atoms with Crippen molar-refractivity contribution in [1.82, 2.24) is 0 Å². The fraction of sp³-hybridized carbons (Fsp3) is 0.0323. The number of hydrogen-bond donors (Lipinski definition) is 1. The number of aromatic hydroxyl groups is 1. The van der Waals surface area contributed by atoms with E-state index in [2.05, 4.69) is 97.1 Å². The Labute approximate surface area is 187 Å². The molecule has 0 fully saturated rings. The molecular weight excluding hydrogens is 388 g/mol. The predicted octanol–water partition coefficient (Wildman–Crippen LogP) is 8.49. The quantitative estimate of drug-likeness (QED) is 0.284. The summed E-state index contributed by atoms with van der Waals surface area (Å²) in [6.07, 6.45) is 0. The van der Waals surface area contributed by atoms with Gasteiger partial charge in [0.1, 0.15) is 5.75 Å². The summed E-state index contributed by atoms with van der Waals surface area (Å²) in [5.74, 6) is 0.300. The lowest BCUT2D eigenvalue weighted by Gasteiger charge is -2.12. The second-order valence-electron chi connectivity index (χ2n) is 8.49. The van der Waals surface area contributed by atoms with E-state index in [9.17, 15) is 5.11 Å². The third kappa shape index (κ3) is 3.02. The summed E-state index contributed by atoms with van der Waals surface area (Å²) in [6, 6.07) is 38.4. The molecule has 6 rings (SSSR count). The molecule has 0 aliphatic carbocycles. The average molecular weight is 411 g/mol. The zero-order valence-corrected chi connectivity index (χ0v) is 17.8. The summed E-state index contributed by atoms with van der Waals surface area (Å²) in [5.41, 5.74) is 5.54. The number of fused-ring (bicyclic) bond motifs is 6. The van der Waals surface area contributed by atoms with Gasteiger partial charge in [-0.3, -0.25) is 0 Å². The van der Waals surface area contributed by atoms with Crippen molar-refractivity contribution in [2.75, 3.05) is 0 Å². The number of phenolic OH excluding ortho intramolecular Hbond substituents is 1. The van der Waals surface area contributed by atoms with Crippen LogP contribution in [0.25, 0.3) is 54.6 Å². The molecule has 0 unspecified atom stereocenters. The second-order valence-corrected chi connectivity index (χ2v) is 8.49. The molecule has 152 valence electrons. The van der Waals surface area contributed by atoms with Crippen molar-refractivity contribution in [3.05, 3.63) is 115 Å². The molecule has 6 aromatic carbocycles. The van der Waals surface area contributed by atoms with E-state index in [0.29, 0.717) is 5.75 Å². The summed E-state index contributed by atoms with van der Waals surface area (Å²) < 4.78 is 0. The fourth-order valence-corrected chi connectivity index (χ4v) is 4.90. The van der Waals surface area contributed by atoms with Crippen molar-refractivity contribution in [3.8, 4) is 28.0 Å². The Morgan fingerprint density at radius 3 is 1.56 bits per heavy atom. The third-order valence-electron chi connectivity index (χ3n) is 6.34. The van der Waals surface area contributed by atoms with Gasteiger partial charge in [0.05, 0.1) is 0 Å². The largest absolute Gasteiger partial charge is 0.508 e. The van der Waals surface area contributed by atoms with Gasteiger partial charge in [-0.15, -0.1) is 0 Å². The maximum absolute atomic E-state index is 10.0. The van der Waals surface area contributed by atoms with Crippen molar-refractivity contribution in [2.45, 2.75) is 6.92 Å². The first kappa shape index (κ1) is 18.7. The van der Waals surface area contributed by atoms with Gasteiger partial charge in [0.15, 0.2) is 0 Å². The van der Waals surface area contributed by atoms with Crippen LogP contribution in [-0.2, 0) is 0 Å². The van der Waals surface area contributed by atoms with Crippen molar-refractivity contribution >= 4 is 32.3 Å². The number of benzene rings is 6. The highest BCUT2D eigenvalue weighted by molar-refractivity contribution is 6.25. The van der Waals surface area contributed by atoms with Gasteiger partial charge < -0.3 is 5.11 Å². The van der Waals surface area contributed by atoms with Crippen molar-refractivity contribution < 1.29 is 5.11 Å².